The van der Waals surface area contributed by atoms with E-state index in [-0.39, 0.29) is 5.60 Å². The Morgan fingerprint density at radius 3 is 2.95 bits per heavy atom. The lowest BCUT2D eigenvalue weighted by Crippen LogP contribution is -2.48. The highest BCUT2D eigenvalue weighted by Gasteiger charge is 2.42. The predicted molar refractivity (Wildman–Crippen MR) is 80.6 cm³/mol. The van der Waals surface area contributed by atoms with Crippen molar-refractivity contribution in [3.63, 3.8) is 0 Å². The number of hydrogen-bond acceptors (Lipinski definition) is 3. The summed E-state index contributed by atoms with van der Waals surface area (Å²) < 4.78 is 6.12. The number of rotatable bonds is 3. The molecule has 0 radical (unpaired) electrons. The number of hydrogen-bond donors (Lipinski definition) is 1. The second-order valence-electron chi connectivity index (χ2n) is 7.37. The topological polar surface area (TPSA) is 21.3 Å². The average Bonchev–Trinajstić information content (AvgIpc) is 3.13. The number of ether oxygens (including phenoxy) is 1. The van der Waals surface area contributed by atoms with Gasteiger partial charge >= 0.3 is 0 Å². The fourth-order valence-corrected chi connectivity index (χ4v) is 6.39. The van der Waals surface area contributed by atoms with Gasteiger partial charge in [0.05, 0.1) is 5.60 Å². The molecule has 1 spiro atoms. The van der Waals surface area contributed by atoms with Crippen LogP contribution in [0, 0.1) is 17.8 Å². The normalized spacial score (nSPS) is 49.3. The van der Waals surface area contributed by atoms with E-state index < -0.39 is 0 Å². The molecule has 5 atom stereocenters. The van der Waals surface area contributed by atoms with E-state index in [4.69, 9.17) is 4.74 Å². The summed E-state index contributed by atoms with van der Waals surface area (Å²) >= 11 is 2.08. The second kappa shape index (κ2) is 5.23. The van der Waals surface area contributed by atoms with E-state index in [0.29, 0.717) is 0 Å². The lowest BCUT2D eigenvalue weighted by molar-refractivity contribution is -0.0705. The molecule has 2 aliphatic heterocycles. The minimum atomic E-state index is 0.245. The molecule has 2 aliphatic carbocycles. The van der Waals surface area contributed by atoms with E-state index in [9.17, 15) is 0 Å². The van der Waals surface area contributed by atoms with Gasteiger partial charge in [-0.05, 0) is 68.6 Å². The van der Waals surface area contributed by atoms with Crippen LogP contribution in [0.4, 0.5) is 0 Å². The van der Waals surface area contributed by atoms with Crippen LogP contribution in [-0.2, 0) is 4.74 Å². The van der Waals surface area contributed by atoms with Crippen molar-refractivity contribution in [2.24, 2.45) is 17.8 Å². The second-order valence-corrected chi connectivity index (χ2v) is 8.47. The average molecular weight is 281 g/mol. The molecule has 2 saturated heterocycles. The van der Waals surface area contributed by atoms with E-state index >= 15 is 0 Å². The first-order chi connectivity index (χ1) is 9.33. The van der Waals surface area contributed by atoms with E-state index in [0.717, 1.165) is 30.4 Å². The van der Waals surface area contributed by atoms with Crippen LogP contribution in [0.25, 0.3) is 0 Å². The smallest absolute Gasteiger partial charge is 0.0795 e. The summed E-state index contributed by atoms with van der Waals surface area (Å²) in [6, 6.07) is 0.728. The fourth-order valence-electron chi connectivity index (χ4n) is 5.01. The highest BCUT2D eigenvalue weighted by molar-refractivity contribution is 7.99. The Morgan fingerprint density at radius 1 is 1.21 bits per heavy atom. The molecule has 1 N–H and O–H groups in total. The molecule has 3 heteroatoms. The van der Waals surface area contributed by atoms with E-state index in [1.54, 1.807) is 6.42 Å². The maximum Gasteiger partial charge on any atom is 0.0795 e. The third-order valence-electron chi connectivity index (χ3n) is 6.11. The molecule has 2 saturated carbocycles. The zero-order valence-corrected chi connectivity index (χ0v) is 12.7. The van der Waals surface area contributed by atoms with Gasteiger partial charge in [-0.1, -0.05) is 6.42 Å². The first-order valence-corrected chi connectivity index (χ1v) is 9.44. The van der Waals surface area contributed by atoms with E-state index in [1.165, 1.54) is 56.6 Å². The van der Waals surface area contributed by atoms with Crippen molar-refractivity contribution in [2.45, 2.75) is 56.6 Å². The van der Waals surface area contributed by atoms with E-state index in [2.05, 4.69) is 17.1 Å². The van der Waals surface area contributed by atoms with Gasteiger partial charge in [0.1, 0.15) is 0 Å². The zero-order chi connectivity index (χ0) is 12.7. The molecular formula is C16H27NOS. The maximum atomic E-state index is 6.12. The molecule has 5 unspecified atom stereocenters. The molecule has 4 fully saturated rings. The summed E-state index contributed by atoms with van der Waals surface area (Å²) in [7, 11) is 0. The van der Waals surface area contributed by atoms with Crippen LogP contribution in [0.2, 0.25) is 0 Å². The van der Waals surface area contributed by atoms with Crippen LogP contribution in [-0.4, -0.2) is 36.3 Å². The van der Waals surface area contributed by atoms with Gasteiger partial charge < -0.3 is 10.1 Å². The summed E-state index contributed by atoms with van der Waals surface area (Å²) in [4.78, 5) is 0. The Bertz CT molecular complexity index is 329. The number of fused-ring (bicyclic) bond motifs is 2. The van der Waals surface area contributed by atoms with Crippen molar-refractivity contribution in [1.82, 2.24) is 5.32 Å². The summed E-state index contributed by atoms with van der Waals surface area (Å²) in [6.07, 6.45) is 9.88. The molecule has 0 amide bonds. The van der Waals surface area contributed by atoms with Crippen molar-refractivity contribution in [3.8, 4) is 0 Å². The quantitative estimate of drug-likeness (QED) is 0.859. The highest BCUT2D eigenvalue weighted by Crippen LogP contribution is 2.48. The summed E-state index contributed by atoms with van der Waals surface area (Å²) in [5.74, 6) is 5.69. The van der Waals surface area contributed by atoms with Crippen molar-refractivity contribution in [1.29, 1.82) is 0 Å². The van der Waals surface area contributed by atoms with Crippen LogP contribution >= 0.6 is 11.8 Å². The highest BCUT2D eigenvalue weighted by atomic mass is 32.2. The van der Waals surface area contributed by atoms with Gasteiger partial charge in [-0.2, -0.15) is 11.8 Å². The minimum absolute atomic E-state index is 0.245. The third-order valence-corrected chi connectivity index (χ3v) is 7.34. The number of thioether (sulfide) groups is 1. The third kappa shape index (κ3) is 2.58. The van der Waals surface area contributed by atoms with Crippen LogP contribution in [0.5, 0.6) is 0 Å². The van der Waals surface area contributed by atoms with Crippen LogP contribution in [0.15, 0.2) is 0 Å². The molecule has 19 heavy (non-hydrogen) atoms. The van der Waals surface area contributed by atoms with Crippen LogP contribution in [0.1, 0.15) is 44.9 Å². The summed E-state index contributed by atoms with van der Waals surface area (Å²) in [5.41, 5.74) is 0.245. The molecule has 0 aromatic carbocycles. The molecule has 0 aromatic heterocycles. The van der Waals surface area contributed by atoms with Gasteiger partial charge in [0.2, 0.25) is 0 Å². The van der Waals surface area contributed by atoms with Crippen LogP contribution in [0.3, 0.4) is 0 Å². The minimum Gasteiger partial charge on any atom is -0.374 e. The van der Waals surface area contributed by atoms with Crippen molar-refractivity contribution in [3.05, 3.63) is 0 Å². The summed E-state index contributed by atoms with van der Waals surface area (Å²) in [6.45, 7) is 2.27. The predicted octanol–water partition coefficient (Wildman–Crippen LogP) is 3.07. The van der Waals surface area contributed by atoms with Gasteiger partial charge in [-0.15, -0.1) is 0 Å². The molecule has 4 rings (SSSR count). The van der Waals surface area contributed by atoms with E-state index in [1.807, 2.05) is 0 Å². The first-order valence-electron chi connectivity index (χ1n) is 8.28. The van der Waals surface area contributed by atoms with Crippen molar-refractivity contribution in [2.75, 3.05) is 24.7 Å². The Morgan fingerprint density at radius 2 is 2.21 bits per heavy atom. The summed E-state index contributed by atoms with van der Waals surface area (Å²) in [5, 5.41) is 3.91. The Kier molecular flexibility index (Phi) is 3.57. The van der Waals surface area contributed by atoms with Gasteiger partial charge in [0.15, 0.2) is 0 Å². The monoisotopic (exact) mass is 281 g/mol. The molecule has 4 aliphatic rings. The molecule has 0 aromatic rings. The van der Waals surface area contributed by atoms with Gasteiger partial charge in [0, 0.05) is 18.4 Å². The SMILES string of the molecule is C1CC(NCC2CC3CCC2C3)CC2(CCSC2)O1. The maximum absolute atomic E-state index is 6.12. The van der Waals surface area contributed by atoms with Gasteiger partial charge in [-0.3, -0.25) is 0 Å². The molecular weight excluding hydrogens is 254 g/mol. The zero-order valence-electron chi connectivity index (χ0n) is 11.9. The Labute approximate surface area is 121 Å². The number of nitrogens with one attached hydrogen (secondary N) is 1. The van der Waals surface area contributed by atoms with Crippen molar-refractivity contribution >= 4 is 11.8 Å². The molecule has 2 bridgehead atoms. The first kappa shape index (κ1) is 13.0. The standard InChI is InChI=1S/C16H27NOS/c1-2-13-7-12(1)8-14(13)10-17-15-3-5-18-16(9-15)4-6-19-11-16/h12-15,17H,1-11H2. The van der Waals surface area contributed by atoms with Gasteiger partial charge in [-0.25, -0.2) is 0 Å². The molecule has 2 heterocycles. The van der Waals surface area contributed by atoms with Crippen LogP contribution < -0.4 is 5.32 Å². The lowest BCUT2D eigenvalue weighted by atomic mass is 9.87. The largest absolute Gasteiger partial charge is 0.374 e. The Hall–Kier alpha value is 0.270. The lowest BCUT2D eigenvalue weighted by Gasteiger charge is -2.39. The van der Waals surface area contributed by atoms with Crippen molar-refractivity contribution < 1.29 is 4.74 Å². The molecule has 108 valence electrons. The van der Waals surface area contributed by atoms with Gasteiger partial charge in [0.25, 0.3) is 0 Å². The Balaban J connectivity index is 1.28. The fraction of sp³-hybridized carbons (Fsp3) is 1.00. The molecule has 2 nitrogen and oxygen atoms in total.